The van der Waals surface area contributed by atoms with Crippen molar-refractivity contribution in [3.8, 4) is 6.07 Å². The number of carbonyl (C=O) groups is 1. The highest BCUT2D eigenvalue weighted by Gasteiger charge is 2.25. The smallest absolute Gasteiger partial charge is 0.224 e. The Morgan fingerprint density at radius 3 is 2.88 bits per heavy atom. The Kier molecular flexibility index (Phi) is 3.38. The molecule has 17 heavy (non-hydrogen) atoms. The van der Waals surface area contributed by atoms with Gasteiger partial charge in [-0.3, -0.25) is 4.79 Å². The highest BCUT2D eigenvalue weighted by Crippen LogP contribution is 2.20. The predicted molar refractivity (Wildman–Crippen MR) is 60.2 cm³/mol. The first kappa shape index (κ1) is 11.6. The molecule has 0 radical (unpaired) electrons. The Morgan fingerprint density at radius 1 is 1.47 bits per heavy atom. The zero-order valence-corrected chi connectivity index (χ0v) is 9.40. The van der Waals surface area contributed by atoms with Gasteiger partial charge in [0.2, 0.25) is 5.91 Å². The highest BCUT2D eigenvalue weighted by molar-refractivity contribution is 5.77. The van der Waals surface area contributed by atoms with Gasteiger partial charge in [-0.15, -0.1) is 0 Å². The molecule has 1 fully saturated rings. The lowest BCUT2D eigenvalue weighted by atomic mass is 9.97. The van der Waals surface area contributed by atoms with Crippen molar-refractivity contribution < 1.29 is 9.18 Å². The predicted octanol–water partition coefficient (Wildman–Crippen LogP) is 2.09. The molecule has 4 heteroatoms. The number of amides is 1. The minimum Gasteiger partial charge on any atom is -0.338 e. The van der Waals surface area contributed by atoms with Gasteiger partial charge in [-0.1, -0.05) is 18.2 Å². The van der Waals surface area contributed by atoms with Gasteiger partial charge >= 0.3 is 0 Å². The third-order valence-electron chi connectivity index (χ3n) is 3.02. The van der Waals surface area contributed by atoms with Gasteiger partial charge in [-0.2, -0.15) is 5.26 Å². The summed E-state index contributed by atoms with van der Waals surface area (Å²) >= 11 is 0. The van der Waals surface area contributed by atoms with Crippen molar-refractivity contribution in [3.05, 3.63) is 35.6 Å². The van der Waals surface area contributed by atoms with E-state index in [0.29, 0.717) is 25.1 Å². The molecule has 0 N–H and O–H groups in total. The summed E-state index contributed by atoms with van der Waals surface area (Å²) in [4.78, 5) is 13.3. The van der Waals surface area contributed by atoms with Crippen LogP contribution in [0.15, 0.2) is 24.3 Å². The second-order valence-electron chi connectivity index (χ2n) is 4.23. The van der Waals surface area contributed by atoms with Crippen LogP contribution in [0.4, 0.5) is 4.39 Å². The summed E-state index contributed by atoms with van der Waals surface area (Å²) in [6.45, 7) is 0.828. The van der Waals surface area contributed by atoms with E-state index in [1.165, 1.54) is 6.07 Å². The van der Waals surface area contributed by atoms with E-state index in [4.69, 9.17) is 5.26 Å². The molecular weight excluding hydrogens is 219 g/mol. The number of nitrogens with zero attached hydrogens (tertiary/aromatic N) is 2. The van der Waals surface area contributed by atoms with E-state index in [1.807, 2.05) is 0 Å². The van der Waals surface area contributed by atoms with Gasteiger partial charge in [0, 0.05) is 25.1 Å². The van der Waals surface area contributed by atoms with E-state index in [2.05, 4.69) is 6.07 Å². The molecule has 0 bridgehead atoms. The number of likely N-dealkylation sites (tertiary alicyclic amines) is 1. The third kappa shape index (κ3) is 2.62. The number of rotatable bonds is 2. The minimum absolute atomic E-state index is 0.0638. The van der Waals surface area contributed by atoms with E-state index in [0.717, 1.165) is 0 Å². The summed E-state index contributed by atoms with van der Waals surface area (Å²) in [5.74, 6) is -0.534. The fourth-order valence-corrected chi connectivity index (χ4v) is 1.99. The molecule has 1 aromatic rings. The van der Waals surface area contributed by atoms with Crippen LogP contribution in [0, 0.1) is 23.1 Å². The second kappa shape index (κ2) is 4.96. The highest BCUT2D eigenvalue weighted by atomic mass is 19.1. The van der Waals surface area contributed by atoms with Crippen LogP contribution < -0.4 is 0 Å². The number of nitriles is 1. The number of hydrogen-bond acceptors (Lipinski definition) is 2. The van der Waals surface area contributed by atoms with Crippen LogP contribution in [0.5, 0.6) is 0 Å². The first-order valence-electron chi connectivity index (χ1n) is 5.61. The van der Waals surface area contributed by atoms with E-state index >= 15 is 0 Å². The lowest BCUT2D eigenvalue weighted by Crippen LogP contribution is -2.38. The minimum atomic E-state index is -0.289. The maximum Gasteiger partial charge on any atom is 0.224 e. The van der Waals surface area contributed by atoms with Gasteiger partial charge in [-0.25, -0.2) is 4.39 Å². The molecule has 1 aliphatic heterocycles. The summed E-state index contributed by atoms with van der Waals surface area (Å²) in [6, 6.07) is 8.56. The lowest BCUT2D eigenvalue weighted by Gasteiger charge is -2.29. The van der Waals surface area contributed by atoms with Gasteiger partial charge in [-0.05, 0) is 12.5 Å². The van der Waals surface area contributed by atoms with Crippen LogP contribution >= 0.6 is 0 Å². The Bertz CT molecular complexity index is 467. The molecule has 1 aliphatic rings. The Hall–Kier alpha value is -1.89. The summed E-state index contributed by atoms with van der Waals surface area (Å²) in [5.41, 5.74) is 0.524. The molecular formula is C13H13FN2O. The maximum atomic E-state index is 13.4. The van der Waals surface area contributed by atoms with Crippen LogP contribution in [0.3, 0.4) is 0 Å². The summed E-state index contributed by atoms with van der Waals surface area (Å²) in [5, 5.41) is 8.75. The van der Waals surface area contributed by atoms with E-state index < -0.39 is 0 Å². The van der Waals surface area contributed by atoms with E-state index in [9.17, 15) is 9.18 Å². The Labute approximate surface area is 99.5 Å². The number of hydrogen-bond donors (Lipinski definition) is 0. The van der Waals surface area contributed by atoms with Gasteiger partial charge < -0.3 is 4.90 Å². The van der Waals surface area contributed by atoms with Crippen LogP contribution in [-0.4, -0.2) is 17.4 Å². The zero-order valence-electron chi connectivity index (χ0n) is 9.40. The SMILES string of the molecule is N#CC1CCN(Cc2ccccc2F)C(=O)C1. The number of benzene rings is 1. The topological polar surface area (TPSA) is 44.1 Å². The molecule has 3 nitrogen and oxygen atoms in total. The van der Waals surface area contributed by atoms with Crippen molar-refractivity contribution in [2.45, 2.75) is 19.4 Å². The van der Waals surface area contributed by atoms with Crippen molar-refractivity contribution in [2.75, 3.05) is 6.54 Å². The normalized spacial score (nSPS) is 20.1. The van der Waals surface area contributed by atoms with Crippen LogP contribution in [0.2, 0.25) is 0 Å². The maximum absolute atomic E-state index is 13.4. The molecule has 88 valence electrons. The largest absolute Gasteiger partial charge is 0.338 e. The molecule has 1 saturated heterocycles. The standard InChI is InChI=1S/C13H13FN2O/c14-12-4-2-1-3-11(12)9-16-6-5-10(8-15)7-13(16)17/h1-4,10H,5-7,9H2. The van der Waals surface area contributed by atoms with Gasteiger partial charge in [0.25, 0.3) is 0 Å². The van der Waals surface area contributed by atoms with Crippen LogP contribution in [0.25, 0.3) is 0 Å². The van der Waals surface area contributed by atoms with Crippen molar-refractivity contribution in [2.24, 2.45) is 5.92 Å². The average Bonchev–Trinajstić information content (AvgIpc) is 2.34. The lowest BCUT2D eigenvalue weighted by molar-refractivity contribution is -0.134. The zero-order chi connectivity index (χ0) is 12.3. The quantitative estimate of drug-likeness (QED) is 0.783. The summed E-state index contributed by atoms with van der Waals surface area (Å²) in [6.07, 6.45) is 0.932. The second-order valence-corrected chi connectivity index (χ2v) is 4.23. The van der Waals surface area contributed by atoms with Crippen molar-refractivity contribution in [1.82, 2.24) is 4.90 Å². The van der Waals surface area contributed by atoms with Gasteiger partial charge in [0.1, 0.15) is 5.82 Å². The molecule has 0 aliphatic carbocycles. The fraction of sp³-hybridized carbons (Fsp3) is 0.385. The Balaban J connectivity index is 2.04. The Morgan fingerprint density at radius 2 is 2.24 bits per heavy atom. The van der Waals surface area contributed by atoms with Gasteiger partial charge in [0.05, 0.1) is 12.0 Å². The number of piperidine rings is 1. The average molecular weight is 232 g/mol. The molecule has 0 saturated carbocycles. The molecule has 1 aromatic carbocycles. The third-order valence-corrected chi connectivity index (χ3v) is 3.02. The first-order valence-corrected chi connectivity index (χ1v) is 5.61. The number of carbonyl (C=O) groups excluding carboxylic acids is 1. The molecule has 1 atom stereocenters. The van der Waals surface area contributed by atoms with E-state index in [-0.39, 0.29) is 24.1 Å². The van der Waals surface area contributed by atoms with E-state index in [1.54, 1.807) is 23.1 Å². The molecule has 1 amide bonds. The molecule has 1 unspecified atom stereocenters. The number of halogens is 1. The molecule has 0 spiro atoms. The first-order chi connectivity index (χ1) is 8.20. The van der Waals surface area contributed by atoms with Gasteiger partial charge in [0.15, 0.2) is 0 Å². The molecule has 2 rings (SSSR count). The van der Waals surface area contributed by atoms with Crippen LogP contribution in [0.1, 0.15) is 18.4 Å². The molecule has 0 aromatic heterocycles. The summed E-state index contributed by atoms with van der Waals surface area (Å²) in [7, 11) is 0. The van der Waals surface area contributed by atoms with Crippen molar-refractivity contribution in [1.29, 1.82) is 5.26 Å². The summed E-state index contributed by atoms with van der Waals surface area (Å²) < 4.78 is 13.4. The molecule has 1 heterocycles. The fourth-order valence-electron chi connectivity index (χ4n) is 1.99. The van der Waals surface area contributed by atoms with Crippen molar-refractivity contribution >= 4 is 5.91 Å². The van der Waals surface area contributed by atoms with Crippen molar-refractivity contribution in [3.63, 3.8) is 0 Å². The van der Waals surface area contributed by atoms with Crippen LogP contribution in [-0.2, 0) is 11.3 Å². The monoisotopic (exact) mass is 232 g/mol.